The van der Waals surface area contributed by atoms with Crippen LogP contribution in [0.5, 0.6) is 0 Å². The number of allylic oxidation sites excluding steroid dienone is 1. The summed E-state index contributed by atoms with van der Waals surface area (Å²) >= 11 is 1.43. The highest BCUT2D eigenvalue weighted by Crippen LogP contribution is 2.40. The Morgan fingerprint density at radius 2 is 1.83 bits per heavy atom. The van der Waals surface area contributed by atoms with Gasteiger partial charge in [-0.2, -0.15) is 0 Å². The summed E-state index contributed by atoms with van der Waals surface area (Å²) in [5.41, 5.74) is 1.16. The number of carbonyl (C=O) groups excluding carboxylic acids is 2. The number of ketones is 2. The van der Waals surface area contributed by atoms with Gasteiger partial charge in [0, 0.05) is 36.5 Å². The van der Waals surface area contributed by atoms with Gasteiger partial charge >= 0.3 is 0 Å². The molecule has 1 saturated heterocycles. The fourth-order valence-electron chi connectivity index (χ4n) is 3.43. The van der Waals surface area contributed by atoms with Gasteiger partial charge in [-0.1, -0.05) is 24.3 Å². The molecule has 1 aliphatic carbocycles. The van der Waals surface area contributed by atoms with Crippen LogP contribution in [-0.2, 0) is 9.53 Å². The third-order valence-electron chi connectivity index (χ3n) is 4.75. The molecule has 24 heavy (non-hydrogen) atoms. The van der Waals surface area contributed by atoms with Gasteiger partial charge in [-0.25, -0.2) is 0 Å². The Labute approximate surface area is 144 Å². The molecule has 0 radical (unpaired) electrons. The topological polar surface area (TPSA) is 66.8 Å². The first kappa shape index (κ1) is 15.9. The van der Waals surface area contributed by atoms with E-state index in [1.165, 1.54) is 11.8 Å². The summed E-state index contributed by atoms with van der Waals surface area (Å²) in [5, 5.41) is 9.61. The number of aliphatic hydroxyl groups is 1. The van der Waals surface area contributed by atoms with Crippen LogP contribution in [-0.4, -0.2) is 59.2 Å². The van der Waals surface area contributed by atoms with E-state index >= 15 is 0 Å². The molecule has 1 unspecified atom stereocenters. The molecule has 0 bridgehead atoms. The molecule has 126 valence electrons. The normalized spacial score (nSPS) is 25.3. The van der Waals surface area contributed by atoms with Gasteiger partial charge < -0.3 is 9.84 Å². The molecular weight excluding hydrogens is 326 g/mol. The molecule has 5 nitrogen and oxygen atoms in total. The number of hydrogen-bond acceptors (Lipinski definition) is 6. The van der Waals surface area contributed by atoms with Gasteiger partial charge in [0.2, 0.25) is 11.6 Å². The highest BCUT2D eigenvalue weighted by molar-refractivity contribution is 8.04. The smallest absolute Gasteiger partial charge is 0.243 e. The minimum atomic E-state index is -0.451. The predicted octanol–water partition coefficient (Wildman–Crippen LogP) is 1.71. The highest BCUT2D eigenvalue weighted by Gasteiger charge is 2.38. The number of fused-ring (bicyclic) bond motifs is 2. The number of benzene rings is 1. The molecule has 1 atom stereocenters. The van der Waals surface area contributed by atoms with Crippen LogP contribution in [0.25, 0.3) is 5.76 Å². The molecule has 0 aromatic heterocycles. The van der Waals surface area contributed by atoms with Gasteiger partial charge in [0.05, 0.1) is 6.10 Å². The average molecular weight is 345 g/mol. The van der Waals surface area contributed by atoms with E-state index in [1.54, 1.807) is 12.1 Å². The van der Waals surface area contributed by atoms with Crippen LogP contribution in [0.1, 0.15) is 28.8 Å². The third-order valence-corrected chi connectivity index (χ3v) is 5.95. The van der Waals surface area contributed by atoms with Crippen LogP contribution >= 0.6 is 11.8 Å². The van der Waals surface area contributed by atoms with Crippen molar-refractivity contribution in [2.45, 2.75) is 25.0 Å². The van der Waals surface area contributed by atoms with Crippen molar-refractivity contribution in [3.63, 3.8) is 0 Å². The molecule has 6 heteroatoms. The number of carbonyl (C=O) groups is 2. The molecule has 1 aromatic carbocycles. The van der Waals surface area contributed by atoms with Gasteiger partial charge in [0.1, 0.15) is 16.8 Å². The standard InChI is InChI=1S/C18H19NO4S/c20-11-5-7-19(8-6-11)9-12-10-24-18-16(22)15(21)13-3-1-2-4-14(13)17(18)23-12/h1-4,11-12,20H,5-10H2. The molecule has 3 aliphatic rings. The van der Waals surface area contributed by atoms with Crippen molar-refractivity contribution in [2.75, 3.05) is 25.4 Å². The molecular formula is C18H19NO4S. The van der Waals surface area contributed by atoms with Crippen molar-refractivity contribution in [1.82, 2.24) is 4.90 Å². The SMILES string of the molecule is O=C1C(=O)c2ccccc2C2=C1SCC(CN1CCC(O)CC1)O2. The van der Waals surface area contributed by atoms with Crippen molar-refractivity contribution in [1.29, 1.82) is 0 Å². The van der Waals surface area contributed by atoms with Gasteiger partial charge in [0.25, 0.3) is 0 Å². The number of hydrogen-bond donors (Lipinski definition) is 1. The Hall–Kier alpha value is -1.63. The minimum Gasteiger partial charge on any atom is -0.486 e. The van der Waals surface area contributed by atoms with Crippen LogP contribution in [0.2, 0.25) is 0 Å². The van der Waals surface area contributed by atoms with Crippen molar-refractivity contribution >= 4 is 29.1 Å². The molecule has 2 heterocycles. The summed E-state index contributed by atoms with van der Waals surface area (Å²) in [7, 11) is 0. The minimum absolute atomic E-state index is 0.0157. The lowest BCUT2D eigenvalue weighted by Gasteiger charge is -2.35. The van der Waals surface area contributed by atoms with E-state index in [4.69, 9.17) is 4.74 Å². The second-order valence-electron chi connectivity index (χ2n) is 6.44. The number of ether oxygens (including phenoxy) is 1. The lowest BCUT2D eigenvalue weighted by atomic mass is 9.93. The van der Waals surface area contributed by atoms with E-state index in [-0.39, 0.29) is 12.2 Å². The summed E-state index contributed by atoms with van der Waals surface area (Å²) in [5.74, 6) is 0.338. The zero-order valence-electron chi connectivity index (χ0n) is 13.2. The Morgan fingerprint density at radius 3 is 2.58 bits per heavy atom. The van der Waals surface area contributed by atoms with E-state index in [1.807, 2.05) is 12.1 Å². The quantitative estimate of drug-likeness (QED) is 0.823. The number of rotatable bonds is 2. The van der Waals surface area contributed by atoms with E-state index in [2.05, 4.69) is 4.90 Å². The first-order valence-corrected chi connectivity index (χ1v) is 9.24. The lowest BCUT2D eigenvalue weighted by Crippen LogP contribution is -2.43. The van der Waals surface area contributed by atoms with Crippen molar-refractivity contribution in [2.24, 2.45) is 0 Å². The maximum Gasteiger partial charge on any atom is 0.243 e. The Kier molecular flexibility index (Phi) is 4.20. The van der Waals surface area contributed by atoms with Crippen LogP contribution in [0.15, 0.2) is 29.2 Å². The first-order valence-electron chi connectivity index (χ1n) is 8.26. The van der Waals surface area contributed by atoms with Gasteiger partial charge in [-0.3, -0.25) is 14.5 Å². The Balaban J connectivity index is 1.55. The second-order valence-corrected chi connectivity index (χ2v) is 7.47. The van der Waals surface area contributed by atoms with E-state index in [9.17, 15) is 14.7 Å². The predicted molar refractivity (Wildman–Crippen MR) is 91.7 cm³/mol. The molecule has 0 amide bonds. The largest absolute Gasteiger partial charge is 0.486 e. The van der Waals surface area contributed by atoms with Crippen LogP contribution in [0.3, 0.4) is 0 Å². The van der Waals surface area contributed by atoms with Crippen LogP contribution in [0.4, 0.5) is 0 Å². The summed E-state index contributed by atoms with van der Waals surface area (Å²) in [6.07, 6.45) is 1.39. The maximum atomic E-state index is 12.3. The molecule has 4 rings (SSSR count). The van der Waals surface area contributed by atoms with Crippen LogP contribution < -0.4 is 0 Å². The maximum absolute atomic E-state index is 12.3. The Bertz CT molecular complexity index is 721. The molecule has 1 fully saturated rings. The fraction of sp³-hybridized carbons (Fsp3) is 0.444. The molecule has 0 saturated carbocycles. The second kappa shape index (κ2) is 6.35. The van der Waals surface area contributed by atoms with Crippen molar-refractivity contribution in [3.05, 3.63) is 40.3 Å². The van der Waals surface area contributed by atoms with Crippen molar-refractivity contribution in [3.8, 4) is 0 Å². The summed E-state index contributed by atoms with van der Waals surface area (Å²) < 4.78 is 6.15. The summed E-state index contributed by atoms with van der Waals surface area (Å²) in [6.45, 7) is 2.51. The first-order chi connectivity index (χ1) is 11.6. The third kappa shape index (κ3) is 2.79. The number of thioether (sulfide) groups is 1. The molecule has 2 aliphatic heterocycles. The molecule has 0 spiro atoms. The van der Waals surface area contributed by atoms with Gasteiger partial charge in [-0.15, -0.1) is 11.8 Å². The number of piperidine rings is 1. The molecule has 1 N–H and O–H groups in total. The molecule has 1 aromatic rings. The fourth-order valence-corrected chi connectivity index (χ4v) is 4.47. The number of Topliss-reactive ketones (excluding diaryl/α,β-unsaturated/α-hetero) is 2. The highest BCUT2D eigenvalue weighted by atomic mass is 32.2. The van der Waals surface area contributed by atoms with E-state index in [0.29, 0.717) is 22.0 Å². The van der Waals surface area contributed by atoms with Crippen molar-refractivity contribution < 1.29 is 19.4 Å². The van der Waals surface area contributed by atoms with E-state index < -0.39 is 11.6 Å². The number of likely N-dealkylation sites (tertiary alicyclic amines) is 1. The average Bonchev–Trinajstić information content (AvgIpc) is 2.62. The zero-order valence-corrected chi connectivity index (χ0v) is 14.1. The Morgan fingerprint density at radius 1 is 1.12 bits per heavy atom. The number of aliphatic hydroxyl groups excluding tert-OH is 1. The summed E-state index contributed by atoms with van der Waals surface area (Å²) in [6, 6.07) is 7.15. The summed E-state index contributed by atoms with van der Waals surface area (Å²) in [4.78, 5) is 27.3. The number of nitrogens with zero attached hydrogens (tertiary/aromatic N) is 1. The van der Waals surface area contributed by atoms with Gasteiger partial charge in [-0.05, 0) is 12.8 Å². The monoisotopic (exact) mass is 345 g/mol. The van der Waals surface area contributed by atoms with E-state index in [0.717, 1.165) is 38.0 Å². The zero-order chi connectivity index (χ0) is 16.7. The van der Waals surface area contributed by atoms with Crippen LogP contribution in [0, 0.1) is 0 Å². The van der Waals surface area contributed by atoms with Gasteiger partial charge in [0.15, 0.2) is 0 Å². The lowest BCUT2D eigenvalue weighted by molar-refractivity contribution is -0.111.